The lowest BCUT2D eigenvalue weighted by atomic mass is 9.92. The van der Waals surface area contributed by atoms with Gasteiger partial charge >= 0.3 is 0 Å². The van der Waals surface area contributed by atoms with Gasteiger partial charge in [0.2, 0.25) is 0 Å². The minimum Gasteiger partial charge on any atom is -0.392 e. The van der Waals surface area contributed by atoms with Crippen molar-refractivity contribution >= 4 is 0 Å². The van der Waals surface area contributed by atoms with Crippen LogP contribution >= 0.6 is 0 Å². The van der Waals surface area contributed by atoms with E-state index in [-0.39, 0.29) is 6.10 Å². The molecule has 1 saturated carbocycles. The highest BCUT2D eigenvalue weighted by atomic mass is 16.3. The van der Waals surface area contributed by atoms with Crippen LogP contribution in [0.5, 0.6) is 0 Å². The lowest BCUT2D eigenvalue weighted by Gasteiger charge is -2.29. The Kier molecular flexibility index (Phi) is 4.57. The average molecular weight is 233 g/mol. The van der Waals surface area contributed by atoms with Gasteiger partial charge in [-0.25, -0.2) is 0 Å². The second-order valence-corrected chi connectivity index (χ2v) is 5.18. The number of aliphatic hydroxyl groups is 1. The summed E-state index contributed by atoms with van der Waals surface area (Å²) in [6.07, 6.45) is 4.34. The maximum Gasteiger partial charge on any atom is 0.0693 e. The van der Waals surface area contributed by atoms with E-state index in [2.05, 4.69) is 42.6 Å². The fourth-order valence-corrected chi connectivity index (χ4v) is 2.58. The Morgan fingerprint density at radius 3 is 2.65 bits per heavy atom. The molecule has 1 aromatic carbocycles. The van der Waals surface area contributed by atoms with Crippen LogP contribution < -0.4 is 5.32 Å². The van der Waals surface area contributed by atoms with Crippen molar-refractivity contribution in [2.75, 3.05) is 6.54 Å². The van der Waals surface area contributed by atoms with E-state index in [9.17, 15) is 5.11 Å². The first kappa shape index (κ1) is 12.6. The van der Waals surface area contributed by atoms with Crippen molar-refractivity contribution in [1.29, 1.82) is 0 Å². The fraction of sp³-hybridized carbons (Fsp3) is 0.600. The number of nitrogens with one attached hydrogen (secondary N) is 1. The third kappa shape index (κ3) is 3.55. The molecule has 0 saturated heterocycles. The molecule has 1 aliphatic carbocycles. The van der Waals surface area contributed by atoms with Crippen LogP contribution in [0.2, 0.25) is 0 Å². The molecule has 0 spiro atoms. The first-order chi connectivity index (χ1) is 8.27. The third-order valence-electron chi connectivity index (χ3n) is 3.78. The van der Waals surface area contributed by atoms with Gasteiger partial charge in [-0.3, -0.25) is 0 Å². The number of aliphatic hydroxyl groups excluding tert-OH is 1. The Labute approximate surface area is 104 Å². The van der Waals surface area contributed by atoms with Gasteiger partial charge in [-0.15, -0.1) is 0 Å². The van der Waals surface area contributed by atoms with Crippen LogP contribution in [0.3, 0.4) is 0 Å². The minimum atomic E-state index is -0.147. The van der Waals surface area contributed by atoms with Gasteiger partial charge in [0.05, 0.1) is 6.10 Å². The largest absolute Gasteiger partial charge is 0.392 e. The topological polar surface area (TPSA) is 32.3 Å². The summed E-state index contributed by atoms with van der Waals surface area (Å²) in [5, 5.41) is 13.4. The molecule has 17 heavy (non-hydrogen) atoms. The molecule has 0 radical (unpaired) electrons. The van der Waals surface area contributed by atoms with Gasteiger partial charge in [0.1, 0.15) is 0 Å². The summed E-state index contributed by atoms with van der Waals surface area (Å²) in [5.74, 6) is 0.505. The molecule has 1 aromatic rings. The molecule has 0 heterocycles. The van der Waals surface area contributed by atoms with E-state index in [4.69, 9.17) is 0 Å². The first-order valence-electron chi connectivity index (χ1n) is 6.74. The smallest absolute Gasteiger partial charge is 0.0693 e. The molecule has 2 heteroatoms. The van der Waals surface area contributed by atoms with Crippen molar-refractivity contribution in [2.24, 2.45) is 0 Å². The Morgan fingerprint density at radius 1 is 1.24 bits per heavy atom. The van der Waals surface area contributed by atoms with Gasteiger partial charge < -0.3 is 10.4 Å². The predicted molar refractivity (Wildman–Crippen MR) is 71.1 cm³/mol. The molecule has 1 fully saturated rings. The summed E-state index contributed by atoms with van der Waals surface area (Å²) < 4.78 is 0. The summed E-state index contributed by atoms with van der Waals surface area (Å²) in [4.78, 5) is 0. The second-order valence-electron chi connectivity index (χ2n) is 5.18. The van der Waals surface area contributed by atoms with Gasteiger partial charge in [0.15, 0.2) is 0 Å². The van der Waals surface area contributed by atoms with Crippen LogP contribution in [0.15, 0.2) is 30.3 Å². The monoisotopic (exact) mass is 233 g/mol. The molecule has 0 aliphatic heterocycles. The summed E-state index contributed by atoms with van der Waals surface area (Å²) in [5.41, 5.74) is 1.37. The molecule has 1 aliphatic rings. The lowest BCUT2D eigenvalue weighted by molar-refractivity contribution is 0.0905. The third-order valence-corrected chi connectivity index (χ3v) is 3.78. The van der Waals surface area contributed by atoms with Gasteiger partial charge in [-0.05, 0) is 24.3 Å². The fourth-order valence-electron chi connectivity index (χ4n) is 2.58. The predicted octanol–water partition coefficient (Wildman–Crippen LogP) is 2.68. The molecule has 2 N–H and O–H groups in total. The highest BCUT2D eigenvalue weighted by molar-refractivity contribution is 5.19. The zero-order valence-corrected chi connectivity index (χ0v) is 10.6. The molecular weight excluding hydrogens is 210 g/mol. The quantitative estimate of drug-likeness (QED) is 0.838. The van der Waals surface area contributed by atoms with Crippen LogP contribution in [0.1, 0.15) is 44.1 Å². The normalized spacial score (nSPS) is 26.7. The van der Waals surface area contributed by atoms with Crippen LogP contribution in [0, 0.1) is 0 Å². The van der Waals surface area contributed by atoms with Crippen LogP contribution in [-0.2, 0) is 0 Å². The maximum atomic E-state index is 9.89. The van der Waals surface area contributed by atoms with E-state index in [0.29, 0.717) is 12.0 Å². The van der Waals surface area contributed by atoms with Crippen molar-refractivity contribution in [3.05, 3.63) is 35.9 Å². The van der Waals surface area contributed by atoms with Gasteiger partial charge in [-0.2, -0.15) is 0 Å². The molecule has 2 rings (SSSR count). The number of rotatable bonds is 4. The van der Waals surface area contributed by atoms with E-state index >= 15 is 0 Å². The van der Waals surface area contributed by atoms with Gasteiger partial charge in [0, 0.05) is 12.6 Å². The highest BCUT2D eigenvalue weighted by Gasteiger charge is 2.22. The average Bonchev–Trinajstić information content (AvgIpc) is 2.38. The van der Waals surface area contributed by atoms with Gasteiger partial charge in [0.25, 0.3) is 0 Å². The van der Waals surface area contributed by atoms with E-state index in [1.165, 1.54) is 18.4 Å². The van der Waals surface area contributed by atoms with Crippen molar-refractivity contribution in [2.45, 2.75) is 50.7 Å². The molecular formula is C15H23NO. The number of hydrogen-bond acceptors (Lipinski definition) is 2. The summed E-state index contributed by atoms with van der Waals surface area (Å²) >= 11 is 0. The summed E-state index contributed by atoms with van der Waals surface area (Å²) in [7, 11) is 0. The maximum absolute atomic E-state index is 9.89. The van der Waals surface area contributed by atoms with Crippen LogP contribution in [0.4, 0.5) is 0 Å². The molecule has 94 valence electrons. The minimum absolute atomic E-state index is 0.147. The molecule has 0 amide bonds. The standard InChI is InChI=1S/C15H23NO/c1-12(13-7-3-2-4-8-13)11-16-14-9-5-6-10-15(14)17/h2-4,7-8,12,14-17H,5-6,9-11H2,1H3. The van der Waals surface area contributed by atoms with E-state index < -0.39 is 0 Å². The zero-order chi connectivity index (χ0) is 12.1. The lowest BCUT2D eigenvalue weighted by Crippen LogP contribution is -2.43. The second kappa shape index (κ2) is 6.18. The molecule has 0 bridgehead atoms. The molecule has 2 nitrogen and oxygen atoms in total. The van der Waals surface area contributed by atoms with E-state index in [1.54, 1.807) is 0 Å². The first-order valence-corrected chi connectivity index (χ1v) is 6.74. The summed E-state index contributed by atoms with van der Waals surface area (Å²) in [6.45, 7) is 3.18. The van der Waals surface area contributed by atoms with Crippen molar-refractivity contribution in [3.63, 3.8) is 0 Å². The molecule has 3 atom stereocenters. The Balaban J connectivity index is 1.81. The van der Waals surface area contributed by atoms with E-state index in [0.717, 1.165) is 19.4 Å². The Hall–Kier alpha value is -0.860. The van der Waals surface area contributed by atoms with E-state index in [1.807, 2.05) is 0 Å². The van der Waals surface area contributed by atoms with Crippen LogP contribution in [0.25, 0.3) is 0 Å². The molecule has 3 unspecified atom stereocenters. The molecule has 0 aromatic heterocycles. The number of benzene rings is 1. The Morgan fingerprint density at radius 2 is 1.94 bits per heavy atom. The SMILES string of the molecule is CC(CNC1CCCCC1O)c1ccccc1. The van der Waals surface area contributed by atoms with Gasteiger partial charge in [-0.1, -0.05) is 50.1 Å². The highest BCUT2D eigenvalue weighted by Crippen LogP contribution is 2.20. The van der Waals surface area contributed by atoms with Crippen molar-refractivity contribution in [1.82, 2.24) is 5.32 Å². The number of hydrogen-bond donors (Lipinski definition) is 2. The Bertz CT molecular complexity index is 325. The zero-order valence-electron chi connectivity index (χ0n) is 10.6. The van der Waals surface area contributed by atoms with Crippen molar-refractivity contribution in [3.8, 4) is 0 Å². The van der Waals surface area contributed by atoms with Crippen molar-refractivity contribution < 1.29 is 5.11 Å². The van der Waals surface area contributed by atoms with Crippen LogP contribution in [-0.4, -0.2) is 23.8 Å². The summed E-state index contributed by atoms with van der Waals surface area (Å²) in [6, 6.07) is 10.9.